The molecule has 2 aromatic rings. The van der Waals surface area contributed by atoms with Gasteiger partial charge in [-0.3, -0.25) is 4.79 Å². The van der Waals surface area contributed by atoms with Gasteiger partial charge >= 0.3 is 5.97 Å². The highest BCUT2D eigenvalue weighted by atomic mass is 35.5. The van der Waals surface area contributed by atoms with Crippen LogP contribution in [0.5, 0.6) is 5.75 Å². The van der Waals surface area contributed by atoms with Gasteiger partial charge in [-0.05, 0) is 28.6 Å². The minimum Gasteiger partial charge on any atom is -0.493 e. The molecule has 21 heavy (non-hydrogen) atoms. The summed E-state index contributed by atoms with van der Waals surface area (Å²) in [5.41, 5.74) is 0. The summed E-state index contributed by atoms with van der Waals surface area (Å²) in [7, 11) is 1.32. The Morgan fingerprint density at radius 2 is 2.33 bits per heavy atom. The van der Waals surface area contributed by atoms with E-state index in [1.165, 1.54) is 23.6 Å². The van der Waals surface area contributed by atoms with Gasteiger partial charge in [0.15, 0.2) is 0 Å². The Balaban J connectivity index is 1.79. The van der Waals surface area contributed by atoms with Gasteiger partial charge in [0.2, 0.25) is 5.16 Å². The Bertz CT molecular complexity index is 608. The topological polar surface area (TPSA) is 79.1 Å². The first-order valence-electron chi connectivity index (χ1n) is 6.03. The van der Waals surface area contributed by atoms with E-state index in [9.17, 15) is 4.79 Å². The van der Waals surface area contributed by atoms with Crippen molar-refractivity contribution in [3.05, 3.63) is 29.3 Å². The highest BCUT2D eigenvalue weighted by molar-refractivity contribution is 7.99. The highest BCUT2D eigenvalue weighted by Crippen LogP contribution is 2.18. The van der Waals surface area contributed by atoms with Crippen molar-refractivity contribution < 1.29 is 14.3 Å². The summed E-state index contributed by atoms with van der Waals surface area (Å²) in [5, 5.41) is 12.3. The molecule has 9 heteroatoms. The molecule has 0 bridgehead atoms. The smallest absolute Gasteiger partial charge is 0.327 e. The Morgan fingerprint density at radius 3 is 3.10 bits per heavy atom. The van der Waals surface area contributed by atoms with Crippen LogP contribution in [0.4, 0.5) is 0 Å². The van der Waals surface area contributed by atoms with Crippen LogP contribution in [-0.4, -0.2) is 45.6 Å². The fourth-order valence-electron chi connectivity index (χ4n) is 1.44. The summed E-state index contributed by atoms with van der Waals surface area (Å²) in [4.78, 5) is 11.2. The van der Waals surface area contributed by atoms with Crippen molar-refractivity contribution in [1.82, 2.24) is 20.2 Å². The molecule has 0 spiro atoms. The fourth-order valence-corrected chi connectivity index (χ4v) is 2.31. The molecule has 1 heterocycles. The number of methoxy groups -OCH3 is 1. The number of thioether (sulfide) groups is 1. The van der Waals surface area contributed by atoms with Gasteiger partial charge < -0.3 is 9.47 Å². The van der Waals surface area contributed by atoms with E-state index >= 15 is 0 Å². The lowest BCUT2D eigenvalue weighted by molar-refractivity contribution is -0.141. The van der Waals surface area contributed by atoms with Crippen LogP contribution < -0.4 is 4.74 Å². The molecule has 0 aliphatic rings. The zero-order chi connectivity index (χ0) is 15.1. The number of aromatic nitrogens is 4. The molecule has 0 amide bonds. The molecule has 7 nitrogen and oxygen atoms in total. The van der Waals surface area contributed by atoms with Crippen LogP contribution in [0, 0.1) is 0 Å². The van der Waals surface area contributed by atoms with E-state index in [2.05, 4.69) is 20.3 Å². The largest absolute Gasteiger partial charge is 0.493 e. The van der Waals surface area contributed by atoms with Crippen LogP contribution in [0.2, 0.25) is 5.02 Å². The van der Waals surface area contributed by atoms with Gasteiger partial charge in [-0.25, -0.2) is 4.68 Å². The molecular weight excluding hydrogens is 316 g/mol. The molecule has 2 rings (SSSR count). The van der Waals surface area contributed by atoms with Gasteiger partial charge in [0.05, 0.1) is 13.7 Å². The molecule has 0 saturated carbocycles. The van der Waals surface area contributed by atoms with E-state index in [1.54, 1.807) is 12.1 Å². The number of nitrogens with zero attached hydrogens (tertiary/aromatic N) is 4. The number of rotatable bonds is 7. The maximum absolute atomic E-state index is 11.2. The highest BCUT2D eigenvalue weighted by Gasteiger charge is 2.10. The second kappa shape index (κ2) is 7.84. The Labute approximate surface area is 130 Å². The quantitative estimate of drug-likeness (QED) is 0.434. The van der Waals surface area contributed by atoms with Gasteiger partial charge in [0, 0.05) is 10.8 Å². The lowest BCUT2D eigenvalue weighted by Crippen LogP contribution is -2.14. The minimum absolute atomic E-state index is 0.0129. The average Bonchev–Trinajstić information content (AvgIpc) is 2.91. The zero-order valence-corrected chi connectivity index (χ0v) is 12.8. The second-order valence-electron chi connectivity index (χ2n) is 3.85. The number of tetrazole rings is 1. The molecule has 0 aliphatic carbocycles. The molecule has 0 radical (unpaired) electrons. The second-order valence-corrected chi connectivity index (χ2v) is 5.35. The normalized spacial score (nSPS) is 10.4. The lowest BCUT2D eigenvalue weighted by atomic mass is 10.3. The molecule has 112 valence electrons. The maximum Gasteiger partial charge on any atom is 0.327 e. The molecule has 0 unspecified atom stereocenters. The molecular formula is C12H13ClN4O3S. The molecule has 0 fully saturated rings. The predicted octanol–water partition coefficient (Wildman–Crippen LogP) is 1.67. The van der Waals surface area contributed by atoms with Crippen molar-refractivity contribution in [3.8, 4) is 5.75 Å². The zero-order valence-electron chi connectivity index (χ0n) is 11.2. The van der Waals surface area contributed by atoms with E-state index in [-0.39, 0.29) is 6.54 Å². The maximum atomic E-state index is 11.2. The van der Waals surface area contributed by atoms with Crippen LogP contribution >= 0.6 is 23.4 Å². The number of carbonyl (C=O) groups is 1. The van der Waals surface area contributed by atoms with Crippen molar-refractivity contribution >= 4 is 29.3 Å². The van der Waals surface area contributed by atoms with Crippen LogP contribution in [0.25, 0.3) is 0 Å². The lowest BCUT2D eigenvalue weighted by Gasteiger charge is -2.06. The molecule has 1 aromatic heterocycles. The molecule has 1 aromatic carbocycles. The van der Waals surface area contributed by atoms with Crippen LogP contribution in [-0.2, 0) is 16.1 Å². The van der Waals surface area contributed by atoms with E-state index < -0.39 is 5.97 Å². The van der Waals surface area contributed by atoms with Crippen molar-refractivity contribution in [3.63, 3.8) is 0 Å². The summed E-state index contributed by atoms with van der Waals surface area (Å²) in [6, 6.07) is 7.18. The Morgan fingerprint density at radius 1 is 1.48 bits per heavy atom. The van der Waals surface area contributed by atoms with Crippen LogP contribution in [0.15, 0.2) is 29.4 Å². The molecule has 0 atom stereocenters. The predicted molar refractivity (Wildman–Crippen MR) is 77.5 cm³/mol. The first-order chi connectivity index (χ1) is 10.2. The summed E-state index contributed by atoms with van der Waals surface area (Å²) >= 11 is 7.25. The summed E-state index contributed by atoms with van der Waals surface area (Å²) in [6.07, 6.45) is 0. The molecule has 0 aliphatic heterocycles. The minimum atomic E-state index is -0.403. The third kappa shape index (κ3) is 4.91. The monoisotopic (exact) mass is 328 g/mol. The summed E-state index contributed by atoms with van der Waals surface area (Å²) < 4.78 is 11.5. The first-order valence-corrected chi connectivity index (χ1v) is 7.39. The number of ether oxygens (including phenoxy) is 2. The van der Waals surface area contributed by atoms with Gasteiger partial charge in [0.1, 0.15) is 12.3 Å². The van der Waals surface area contributed by atoms with Gasteiger partial charge in [-0.2, -0.15) is 0 Å². The van der Waals surface area contributed by atoms with Crippen molar-refractivity contribution in [1.29, 1.82) is 0 Å². The average molecular weight is 329 g/mol. The van der Waals surface area contributed by atoms with Gasteiger partial charge in [-0.1, -0.05) is 29.4 Å². The van der Waals surface area contributed by atoms with Crippen molar-refractivity contribution in [2.24, 2.45) is 0 Å². The number of hydrogen-bond donors (Lipinski definition) is 0. The number of hydrogen-bond acceptors (Lipinski definition) is 7. The first kappa shape index (κ1) is 15.6. The van der Waals surface area contributed by atoms with Crippen molar-refractivity contribution in [2.75, 3.05) is 19.5 Å². The summed E-state index contributed by atoms with van der Waals surface area (Å²) in [6.45, 7) is 0.455. The van der Waals surface area contributed by atoms with Crippen LogP contribution in [0.1, 0.15) is 0 Å². The number of halogens is 1. The summed E-state index contributed by atoms with van der Waals surface area (Å²) in [5.74, 6) is 0.935. The van der Waals surface area contributed by atoms with Gasteiger partial charge in [0.25, 0.3) is 0 Å². The van der Waals surface area contributed by atoms with E-state index in [4.69, 9.17) is 16.3 Å². The van der Waals surface area contributed by atoms with E-state index in [0.29, 0.717) is 28.3 Å². The standard InChI is InChI=1S/C12H13ClN4O3S/c1-19-11(18)8-17-12(14-15-16-17)21-6-5-20-10-4-2-3-9(13)7-10/h2-4,7H,5-6,8H2,1H3. The fraction of sp³-hybridized carbons (Fsp3) is 0.333. The van der Waals surface area contributed by atoms with E-state index in [1.807, 2.05) is 12.1 Å². The third-order valence-corrected chi connectivity index (χ3v) is 3.54. The molecule has 0 saturated heterocycles. The number of benzene rings is 1. The molecule has 0 N–H and O–H groups in total. The van der Waals surface area contributed by atoms with Crippen molar-refractivity contribution in [2.45, 2.75) is 11.7 Å². The van der Waals surface area contributed by atoms with Gasteiger partial charge in [-0.15, -0.1) is 5.10 Å². The Kier molecular flexibility index (Phi) is 5.82. The third-order valence-electron chi connectivity index (χ3n) is 2.38. The number of esters is 1. The van der Waals surface area contributed by atoms with E-state index in [0.717, 1.165) is 0 Å². The number of carbonyl (C=O) groups excluding carboxylic acids is 1. The Hall–Kier alpha value is -1.80. The SMILES string of the molecule is COC(=O)Cn1nnnc1SCCOc1cccc(Cl)c1. The van der Waals surface area contributed by atoms with Crippen LogP contribution in [0.3, 0.4) is 0 Å².